The fourth-order valence-corrected chi connectivity index (χ4v) is 0.515. The third-order valence-corrected chi connectivity index (χ3v) is 0.867. The summed E-state index contributed by atoms with van der Waals surface area (Å²) in [7, 11) is 0. The molecule has 0 saturated carbocycles. The quantitative estimate of drug-likeness (QED) is 0.395. The summed E-state index contributed by atoms with van der Waals surface area (Å²) in [6.45, 7) is 2.06. The van der Waals surface area contributed by atoms with Gasteiger partial charge in [0.1, 0.15) is 0 Å². The summed E-state index contributed by atoms with van der Waals surface area (Å²) in [6.07, 6.45) is 8.33. The predicted molar refractivity (Wildman–Crippen MR) is 38.4 cm³/mol. The maximum atomic E-state index is 3.12. The van der Waals surface area contributed by atoms with E-state index < -0.39 is 0 Å². The Kier molecular flexibility index (Phi) is 8.92. The molecule has 0 saturated heterocycles. The van der Waals surface area contributed by atoms with Gasteiger partial charge in [0.15, 0.2) is 0 Å². The normalized spacial score (nSPS) is 13.9. The van der Waals surface area contributed by atoms with Gasteiger partial charge in [-0.25, -0.2) is 11.6 Å². The van der Waals surface area contributed by atoms with Crippen LogP contribution in [0.1, 0.15) is 13.3 Å². The summed E-state index contributed by atoms with van der Waals surface area (Å²) in [4.78, 5) is 0. The van der Waals surface area contributed by atoms with Gasteiger partial charge in [0.2, 0.25) is 0 Å². The van der Waals surface area contributed by atoms with Crippen molar-refractivity contribution >= 4 is 45.5 Å². The van der Waals surface area contributed by atoms with Crippen LogP contribution in [-0.2, 0) is 0 Å². The topological polar surface area (TPSA) is 0 Å². The van der Waals surface area contributed by atoms with Gasteiger partial charge >= 0.3 is 45.5 Å². The van der Waals surface area contributed by atoms with Crippen LogP contribution in [0.2, 0.25) is 0 Å². The molecule has 1 heteroatoms. The standard InChI is InChI=1S/C6H7.CH3.Sr/c1-6-4-2-3-5-6;;/h2,4H,3H2,1H3;1H3;/q2*-1;+2. The smallest absolute Gasteiger partial charge is 0.358 e. The molecule has 0 radical (unpaired) electrons. The Morgan fingerprint density at radius 2 is 2.25 bits per heavy atom. The molecule has 0 nitrogen and oxygen atoms in total. The van der Waals surface area contributed by atoms with Gasteiger partial charge in [0.25, 0.3) is 0 Å². The molecular weight excluding hydrogens is 172 g/mol. The van der Waals surface area contributed by atoms with E-state index in [9.17, 15) is 0 Å². The molecule has 0 aromatic heterocycles. The Bertz CT molecular complexity index is 98.2. The summed E-state index contributed by atoms with van der Waals surface area (Å²) in [6, 6.07) is 0. The monoisotopic (exact) mass is 182 g/mol. The van der Waals surface area contributed by atoms with Crippen molar-refractivity contribution in [2.24, 2.45) is 0 Å². The van der Waals surface area contributed by atoms with Crippen LogP contribution in [0, 0.1) is 13.5 Å². The maximum absolute atomic E-state index is 3.12. The van der Waals surface area contributed by atoms with Gasteiger partial charge in [-0.1, -0.05) is 6.92 Å². The molecule has 1 aliphatic carbocycles. The molecule has 0 aromatic rings. The van der Waals surface area contributed by atoms with E-state index in [2.05, 4.69) is 25.2 Å². The van der Waals surface area contributed by atoms with Gasteiger partial charge in [-0.3, -0.25) is 6.08 Å². The van der Waals surface area contributed by atoms with Crippen LogP contribution < -0.4 is 0 Å². The average Bonchev–Trinajstić information content (AvgIpc) is 1.86. The molecule has 0 fully saturated rings. The van der Waals surface area contributed by atoms with Crippen molar-refractivity contribution < 1.29 is 0 Å². The largest absolute Gasteiger partial charge is 2.00 e. The van der Waals surface area contributed by atoms with Crippen LogP contribution in [0.4, 0.5) is 0 Å². The average molecular weight is 182 g/mol. The third kappa shape index (κ3) is 3.90. The van der Waals surface area contributed by atoms with Gasteiger partial charge in [0.05, 0.1) is 0 Å². The maximum Gasteiger partial charge on any atom is 2.00 e. The van der Waals surface area contributed by atoms with E-state index in [0.717, 1.165) is 6.42 Å². The number of hydrogen-bond acceptors (Lipinski definition) is 0. The van der Waals surface area contributed by atoms with E-state index in [1.807, 2.05) is 0 Å². The first kappa shape index (κ1) is 11.7. The zero-order valence-electron chi connectivity index (χ0n) is 5.57. The van der Waals surface area contributed by atoms with Crippen LogP contribution >= 0.6 is 0 Å². The molecule has 0 amide bonds. The van der Waals surface area contributed by atoms with Gasteiger partial charge < -0.3 is 7.43 Å². The minimum absolute atomic E-state index is 0. The SMILES string of the molecule is CC1=[C-]CC=C1.[CH3-].[Sr+2]. The van der Waals surface area contributed by atoms with Crippen LogP contribution in [0.15, 0.2) is 17.7 Å². The van der Waals surface area contributed by atoms with Gasteiger partial charge in [-0.2, -0.15) is 6.08 Å². The third-order valence-electron chi connectivity index (χ3n) is 0.867. The van der Waals surface area contributed by atoms with E-state index >= 15 is 0 Å². The molecule has 0 N–H and O–H groups in total. The Morgan fingerprint density at radius 1 is 1.62 bits per heavy atom. The van der Waals surface area contributed by atoms with Crippen molar-refractivity contribution in [1.29, 1.82) is 0 Å². The molecule has 1 rings (SSSR count). The second-order valence-electron chi connectivity index (χ2n) is 1.47. The Balaban J connectivity index is 0. The summed E-state index contributed by atoms with van der Waals surface area (Å²) in [5.41, 5.74) is 1.27. The fraction of sp³-hybridized carbons (Fsp3) is 0.286. The molecule has 0 atom stereocenters. The first-order valence-corrected chi connectivity index (χ1v) is 2.13. The molecule has 40 valence electrons. The molecule has 8 heavy (non-hydrogen) atoms. The van der Waals surface area contributed by atoms with E-state index in [0.29, 0.717) is 0 Å². The Hall–Kier alpha value is 0.961. The first-order chi connectivity index (χ1) is 2.89. The molecular formula is C7H10Sr. The second kappa shape index (κ2) is 6.09. The zero-order chi connectivity index (χ0) is 4.41. The van der Waals surface area contributed by atoms with Gasteiger partial charge in [-0.15, -0.1) is 6.42 Å². The Labute approximate surface area is 88.9 Å². The van der Waals surface area contributed by atoms with Crippen LogP contribution in [0.5, 0.6) is 0 Å². The number of allylic oxidation sites excluding steroid dienone is 4. The van der Waals surface area contributed by atoms with E-state index in [1.54, 1.807) is 0 Å². The molecule has 0 heterocycles. The number of rotatable bonds is 0. The van der Waals surface area contributed by atoms with E-state index in [1.165, 1.54) is 5.57 Å². The summed E-state index contributed by atoms with van der Waals surface area (Å²) in [5.74, 6) is 0. The molecule has 0 unspecified atom stereocenters. The summed E-state index contributed by atoms with van der Waals surface area (Å²) >= 11 is 0. The van der Waals surface area contributed by atoms with E-state index in [-0.39, 0.29) is 52.9 Å². The summed E-state index contributed by atoms with van der Waals surface area (Å²) < 4.78 is 0. The van der Waals surface area contributed by atoms with Crippen molar-refractivity contribution in [1.82, 2.24) is 0 Å². The van der Waals surface area contributed by atoms with Gasteiger partial charge in [-0.05, 0) is 0 Å². The molecule has 0 bridgehead atoms. The molecule has 1 aliphatic rings. The van der Waals surface area contributed by atoms with E-state index in [4.69, 9.17) is 0 Å². The molecule has 0 aromatic carbocycles. The van der Waals surface area contributed by atoms with Crippen molar-refractivity contribution in [3.05, 3.63) is 31.2 Å². The molecule has 0 aliphatic heterocycles. The van der Waals surface area contributed by atoms with Gasteiger partial charge in [0, 0.05) is 0 Å². The zero-order valence-corrected chi connectivity index (χ0v) is 9.05. The number of hydrogen-bond donors (Lipinski definition) is 0. The van der Waals surface area contributed by atoms with Crippen molar-refractivity contribution in [2.75, 3.05) is 0 Å². The van der Waals surface area contributed by atoms with Crippen LogP contribution in [0.3, 0.4) is 0 Å². The van der Waals surface area contributed by atoms with Crippen molar-refractivity contribution in [3.63, 3.8) is 0 Å². The molecule has 0 spiro atoms. The summed E-state index contributed by atoms with van der Waals surface area (Å²) in [5, 5.41) is 0. The van der Waals surface area contributed by atoms with Crippen molar-refractivity contribution in [3.8, 4) is 0 Å². The predicted octanol–water partition coefficient (Wildman–Crippen LogP) is 1.77. The van der Waals surface area contributed by atoms with Crippen LogP contribution in [0.25, 0.3) is 0 Å². The van der Waals surface area contributed by atoms with Crippen LogP contribution in [-0.4, -0.2) is 45.5 Å². The second-order valence-corrected chi connectivity index (χ2v) is 1.47. The fourth-order valence-electron chi connectivity index (χ4n) is 0.515. The van der Waals surface area contributed by atoms with Crippen molar-refractivity contribution in [2.45, 2.75) is 13.3 Å². The minimum atomic E-state index is 0. The first-order valence-electron chi connectivity index (χ1n) is 2.13. The Morgan fingerprint density at radius 3 is 2.38 bits per heavy atom. The minimum Gasteiger partial charge on any atom is -0.358 e.